The largest absolute Gasteiger partial charge is 0.462 e. The molecule has 85 heavy (non-hydrogen) atoms. The minimum Gasteiger partial charge on any atom is -0.462 e. The molecule has 0 bridgehead atoms. The lowest BCUT2D eigenvalue weighted by atomic mass is 10.0. The van der Waals surface area contributed by atoms with Crippen molar-refractivity contribution in [3.63, 3.8) is 0 Å². The van der Waals surface area contributed by atoms with E-state index in [-0.39, 0.29) is 25.2 Å². The van der Waals surface area contributed by atoms with Gasteiger partial charge in [-0.15, -0.1) is 0 Å². The van der Waals surface area contributed by atoms with Crippen LogP contribution >= 0.6 is 0 Å². The molecule has 0 amide bonds. The molecule has 0 aromatic heterocycles. The molecule has 0 saturated carbocycles. The van der Waals surface area contributed by atoms with E-state index in [1.807, 2.05) is 0 Å². The van der Waals surface area contributed by atoms with Gasteiger partial charge in [-0.2, -0.15) is 0 Å². The predicted molar refractivity (Wildman–Crippen MR) is 376 cm³/mol. The summed E-state index contributed by atoms with van der Waals surface area (Å²) in [6.45, 7) is 4.10. The van der Waals surface area contributed by atoms with Gasteiger partial charge in [0.2, 0.25) is 0 Å². The molecule has 0 aliphatic carbocycles. The average molecular weight is 1190 g/mol. The van der Waals surface area contributed by atoms with E-state index >= 15 is 0 Å². The van der Waals surface area contributed by atoms with Gasteiger partial charge < -0.3 is 14.6 Å². The zero-order valence-electron chi connectivity index (χ0n) is 57.7. The first-order valence-electron chi connectivity index (χ1n) is 38.7. The van der Waals surface area contributed by atoms with Gasteiger partial charge in [-0.1, -0.05) is 416 Å². The molecule has 1 N–H and O–H groups in total. The van der Waals surface area contributed by atoms with E-state index in [2.05, 4.69) is 62.5 Å². The third-order valence-corrected chi connectivity index (χ3v) is 17.9. The Morgan fingerprint density at radius 1 is 0.282 bits per heavy atom. The minimum absolute atomic E-state index is 0.0597. The van der Waals surface area contributed by atoms with Crippen LogP contribution in [0.4, 0.5) is 0 Å². The van der Waals surface area contributed by atoms with Crippen molar-refractivity contribution in [3.05, 3.63) is 48.6 Å². The number of carbonyl (C=O) groups is 2. The normalized spacial score (nSPS) is 12.4. The van der Waals surface area contributed by atoms with Crippen molar-refractivity contribution in [3.8, 4) is 0 Å². The zero-order valence-corrected chi connectivity index (χ0v) is 57.7. The number of allylic oxidation sites excluding steroid dienone is 8. The summed E-state index contributed by atoms with van der Waals surface area (Å²) in [6.07, 6.45) is 103. The Labute approximate surface area is 532 Å². The topological polar surface area (TPSA) is 72.8 Å². The molecule has 0 spiro atoms. The summed E-state index contributed by atoms with van der Waals surface area (Å²) in [6, 6.07) is 0. The molecule has 0 aliphatic heterocycles. The van der Waals surface area contributed by atoms with E-state index in [1.54, 1.807) is 0 Å². The highest BCUT2D eigenvalue weighted by molar-refractivity contribution is 5.70. The van der Waals surface area contributed by atoms with Gasteiger partial charge in [-0.05, 0) is 51.4 Å². The van der Waals surface area contributed by atoms with Gasteiger partial charge in [0.05, 0.1) is 6.61 Å². The van der Waals surface area contributed by atoms with Crippen molar-refractivity contribution in [2.24, 2.45) is 0 Å². The van der Waals surface area contributed by atoms with Crippen LogP contribution in [0.1, 0.15) is 431 Å². The molecule has 1 unspecified atom stereocenters. The number of aliphatic hydroxyl groups excluding tert-OH is 1. The fourth-order valence-corrected chi connectivity index (χ4v) is 12.1. The monoisotopic (exact) mass is 1190 g/mol. The molecule has 0 rings (SSSR count). The van der Waals surface area contributed by atoms with Crippen molar-refractivity contribution in [1.82, 2.24) is 0 Å². The minimum atomic E-state index is -0.771. The van der Waals surface area contributed by atoms with Crippen molar-refractivity contribution in [1.29, 1.82) is 0 Å². The lowest BCUT2D eigenvalue weighted by molar-refractivity contribution is -0.161. The van der Waals surface area contributed by atoms with Crippen LogP contribution < -0.4 is 0 Å². The van der Waals surface area contributed by atoms with Crippen molar-refractivity contribution in [2.75, 3.05) is 13.2 Å². The summed E-state index contributed by atoms with van der Waals surface area (Å²) in [7, 11) is 0. The van der Waals surface area contributed by atoms with Crippen LogP contribution in [0.5, 0.6) is 0 Å². The first-order chi connectivity index (χ1) is 42.1. The van der Waals surface area contributed by atoms with Crippen LogP contribution in [0.3, 0.4) is 0 Å². The van der Waals surface area contributed by atoms with Gasteiger partial charge in [-0.3, -0.25) is 9.59 Å². The molecule has 0 radical (unpaired) electrons. The Hall–Kier alpha value is -2.14. The molecule has 5 heteroatoms. The van der Waals surface area contributed by atoms with Crippen LogP contribution in [-0.4, -0.2) is 36.4 Å². The number of aliphatic hydroxyl groups is 1. The number of hydrogen-bond acceptors (Lipinski definition) is 5. The highest BCUT2D eigenvalue weighted by atomic mass is 16.6. The predicted octanol–water partition coefficient (Wildman–Crippen LogP) is 27.1. The van der Waals surface area contributed by atoms with E-state index < -0.39 is 6.10 Å². The summed E-state index contributed by atoms with van der Waals surface area (Å²) in [5.74, 6) is -0.565. The molecule has 0 aromatic carbocycles. The summed E-state index contributed by atoms with van der Waals surface area (Å²) < 4.78 is 10.8. The van der Waals surface area contributed by atoms with Gasteiger partial charge in [0.15, 0.2) is 6.10 Å². The second kappa shape index (κ2) is 76.1. The summed E-state index contributed by atoms with van der Waals surface area (Å²) in [5, 5.41) is 9.72. The number of esters is 2. The fraction of sp³-hybridized carbons (Fsp3) is 0.875. The first kappa shape index (κ1) is 82.9. The SMILES string of the molecule is CC/C=C\C/C=C\C/C=C\C/C=C\CCCCCCCCCCCCCCCCCCCCC(=O)OC(CO)COC(=O)CCCCCCCCCCCCCCCCCCCCCCCCCCCCCCCCCCCCCCCCCC. The third kappa shape index (κ3) is 74.2. The van der Waals surface area contributed by atoms with E-state index in [0.29, 0.717) is 12.8 Å². The Morgan fingerprint density at radius 3 is 0.765 bits per heavy atom. The van der Waals surface area contributed by atoms with Gasteiger partial charge >= 0.3 is 11.9 Å². The Balaban J connectivity index is 3.35. The van der Waals surface area contributed by atoms with E-state index in [9.17, 15) is 14.7 Å². The Morgan fingerprint density at radius 2 is 0.506 bits per heavy atom. The van der Waals surface area contributed by atoms with Crippen LogP contribution in [0.15, 0.2) is 48.6 Å². The summed E-state index contributed by atoms with van der Waals surface area (Å²) in [4.78, 5) is 24.7. The smallest absolute Gasteiger partial charge is 0.306 e. The molecular formula is C80H150O5. The molecule has 1 atom stereocenters. The second-order valence-corrected chi connectivity index (χ2v) is 26.4. The lowest BCUT2D eigenvalue weighted by Crippen LogP contribution is -2.28. The highest BCUT2D eigenvalue weighted by Gasteiger charge is 2.16. The number of ether oxygens (including phenoxy) is 2. The van der Waals surface area contributed by atoms with Gasteiger partial charge in [0.25, 0.3) is 0 Å². The Bertz CT molecular complexity index is 1400. The van der Waals surface area contributed by atoms with Gasteiger partial charge in [0.1, 0.15) is 6.61 Å². The van der Waals surface area contributed by atoms with E-state index in [0.717, 1.165) is 57.8 Å². The molecular weight excluding hydrogens is 1040 g/mol. The number of rotatable bonds is 73. The van der Waals surface area contributed by atoms with Gasteiger partial charge in [0, 0.05) is 12.8 Å². The number of hydrogen-bond donors (Lipinski definition) is 1. The molecule has 0 saturated heterocycles. The van der Waals surface area contributed by atoms with Crippen LogP contribution in [0, 0.1) is 0 Å². The summed E-state index contributed by atoms with van der Waals surface area (Å²) in [5.41, 5.74) is 0. The maximum Gasteiger partial charge on any atom is 0.306 e. The van der Waals surface area contributed by atoms with Crippen molar-refractivity contribution >= 4 is 11.9 Å². The third-order valence-electron chi connectivity index (χ3n) is 17.9. The standard InChI is InChI=1S/C80H150O5/c1-3-5-7-9-11-13-15-17-19-21-23-25-27-29-31-33-35-36-37-38-39-40-41-42-43-45-46-48-50-52-54-56-58-60-62-64-66-68-70-72-74-79(82)84-77-78(76-81)85-80(83)75-73-71-69-67-65-63-61-59-57-55-53-51-49-47-44-34-32-30-28-26-24-22-20-18-16-14-12-10-8-6-4-2/h6,8,12,14,18,20,24,26,78,81H,3-5,7,9-11,13,15-17,19,21-23,25,27-77H2,1-2H3/b8-6-,14-12-,20-18-,26-24-. The van der Waals surface area contributed by atoms with Crippen LogP contribution in [-0.2, 0) is 19.1 Å². The molecule has 0 fully saturated rings. The second-order valence-electron chi connectivity index (χ2n) is 26.4. The molecule has 500 valence electrons. The molecule has 5 nitrogen and oxygen atoms in total. The molecule has 0 heterocycles. The molecule has 0 aliphatic rings. The first-order valence-corrected chi connectivity index (χ1v) is 38.7. The zero-order chi connectivity index (χ0) is 61.2. The lowest BCUT2D eigenvalue weighted by Gasteiger charge is -2.15. The fourth-order valence-electron chi connectivity index (χ4n) is 12.1. The Kier molecular flexibility index (Phi) is 74.2. The molecule has 0 aromatic rings. The van der Waals surface area contributed by atoms with E-state index in [1.165, 1.54) is 347 Å². The maximum atomic E-state index is 12.4. The highest BCUT2D eigenvalue weighted by Crippen LogP contribution is 2.20. The number of carbonyl (C=O) groups excluding carboxylic acids is 2. The van der Waals surface area contributed by atoms with E-state index in [4.69, 9.17) is 9.47 Å². The van der Waals surface area contributed by atoms with Crippen molar-refractivity contribution < 1.29 is 24.2 Å². The van der Waals surface area contributed by atoms with Crippen molar-refractivity contribution in [2.45, 2.75) is 437 Å². The number of unbranched alkanes of at least 4 members (excludes halogenated alkanes) is 57. The van der Waals surface area contributed by atoms with Crippen LogP contribution in [0.25, 0.3) is 0 Å². The van der Waals surface area contributed by atoms with Crippen LogP contribution in [0.2, 0.25) is 0 Å². The summed E-state index contributed by atoms with van der Waals surface area (Å²) >= 11 is 0. The van der Waals surface area contributed by atoms with Gasteiger partial charge in [-0.25, -0.2) is 0 Å². The average Bonchev–Trinajstić information content (AvgIpc) is 3.51. The maximum absolute atomic E-state index is 12.4. The quantitative estimate of drug-likeness (QED) is 0.0373.